The van der Waals surface area contributed by atoms with Crippen LogP contribution in [-0.2, 0) is 0 Å². The molecule has 2 unspecified atom stereocenters. The van der Waals surface area contributed by atoms with Crippen LogP contribution in [0.1, 0.15) is 48.0 Å². The van der Waals surface area contributed by atoms with E-state index in [0.29, 0.717) is 0 Å². The van der Waals surface area contributed by atoms with Crippen molar-refractivity contribution in [3.05, 3.63) is 0 Å². The molecule has 2 nitrogen and oxygen atoms in total. The molecule has 2 fully saturated rings. The molecule has 0 spiro atoms. The van der Waals surface area contributed by atoms with Crippen LogP contribution in [0.5, 0.6) is 0 Å². The molecule has 0 amide bonds. The fourth-order valence-electron chi connectivity index (χ4n) is 3.61. The number of hydroxylamine groups is 2. The standard InChI is InChI=1S/C11H21NO/c1-8(2)10(5)7-11(10,6)9(3,4)12(8)13/h13H,7H2,1-6H3. The van der Waals surface area contributed by atoms with Crippen molar-refractivity contribution < 1.29 is 5.21 Å². The molecule has 13 heavy (non-hydrogen) atoms. The average molecular weight is 183 g/mol. The summed E-state index contributed by atoms with van der Waals surface area (Å²) in [4.78, 5) is 0. The fourth-order valence-corrected chi connectivity index (χ4v) is 3.61. The predicted octanol–water partition coefficient (Wildman–Crippen LogP) is 2.66. The van der Waals surface area contributed by atoms with Crippen LogP contribution in [0.2, 0.25) is 0 Å². The summed E-state index contributed by atoms with van der Waals surface area (Å²) < 4.78 is 0. The van der Waals surface area contributed by atoms with E-state index in [1.54, 1.807) is 5.06 Å². The Kier molecular flexibility index (Phi) is 1.33. The van der Waals surface area contributed by atoms with Crippen LogP contribution in [0.3, 0.4) is 0 Å². The Morgan fingerprint density at radius 2 is 1.15 bits per heavy atom. The van der Waals surface area contributed by atoms with Gasteiger partial charge in [-0.15, -0.1) is 0 Å². The molecule has 1 heterocycles. The maximum absolute atomic E-state index is 10.1. The summed E-state index contributed by atoms with van der Waals surface area (Å²) in [6, 6.07) is 0. The van der Waals surface area contributed by atoms with Gasteiger partial charge < -0.3 is 5.21 Å². The van der Waals surface area contributed by atoms with E-state index in [2.05, 4.69) is 41.5 Å². The monoisotopic (exact) mass is 183 g/mol. The van der Waals surface area contributed by atoms with E-state index >= 15 is 0 Å². The zero-order valence-electron chi connectivity index (χ0n) is 9.60. The van der Waals surface area contributed by atoms with Crippen molar-refractivity contribution in [3.8, 4) is 0 Å². The molecule has 2 aliphatic rings. The number of hydrogen-bond donors (Lipinski definition) is 1. The molecule has 0 aromatic rings. The van der Waals surface area contributed by atoms with E-state index in [-0.39, 0.29) is 21.9 Å². The van der Waals surface area contributed by atoms with Crippen molar-refractivity contribution in [1.82, 2.24) is 5.06 Å². The minimum Gasteiger partial charge on any atom is -0.313 e. The van der Waals surface area contributed by atoms with Crippen LogP contribution in [0.4, 0.5) is 0 Å². The number of rotatable bonds is 0. The van der Waals surface area contributed by atoms with Gasteiger partial charge in [-0.05, 0) is 44.9 Å². The van der Waals surface area contributed by atoms with Crippen molar-refractivity contribution >= 4 is 0 Å². The molecule has 0 bridgehead atoms. The number of nitrogens with zero attached hydrogens (tertiary/aromatic N) is 1. The third kappa shape index (κ3) is 0.637. The Balaban J connectivity index is 2.53. The minimum absolute atomic E-state index is 0.0920. The molecular formula is C11H21NO. The molecule has 2 heteroatoms. The summed E-state index contributed by atoms with van der Waals surface area (Å²) in [5.41, 5.74) is 0.368. The van der Waals surface area contributed by atoms with Crippen molar-refractivity contribution in [3.63, 3.8) is 0 Å². The molecule has 0 aromatic heterocycles. The van der Waals surface area contributed by atoms with Crippen molar-refractivity contribution in [2.45, 2.75) is 59.0 Å². The Morgan fingerprint density at radius 1 is 0.846 bits per heavy atom. The van der Waals surface area contributed by atoms with Crippen molar-refractivity contribution in [2.24, 2.45) is 10.8 Å². The molecular weight excluding hydrogens is 162 g/mol. The molecule has 0 radical (unpaired) electrons. The van der Waals surface area contributed by atoms with Gasteiger partial charge >= 0.3 is 0 Å². The molecule has 1 N–H and O–H groups in total. The quantitative estimate of drug-likeness (QED) is 0.624. The normalized spacial score (nSPS) is 51.9. The Morgan fingerprint density at radius 3 is 1.31 bits per heavy atom. The van der Waals surface area contributed by atoms with E-state index in [9.17, 15) is 5.21 Å². The number of fused-ring (bicyclic) bond motifs is 1. The second-order valence-electron chi connectivity index (χ2n) is 6.27. The van der Waals surface area contributed by atoms with Gasteiger partial charge in [-0.2, -0.15) is 5.06 Å². The van der Waals surface area contributed by atoms with Gasteiger partial charge in [0.2, 0.25) is 0 Å². The first kappa shape index (κ1) is 9.47. The van der Waals surface area contributed by atoms with Crippen LogP contribution in [0.25, 0.3) is 0 Å². The molecule has 1 aliphatic heterocycles. The fraction of sp³-hybridized carbons (Fsp3) is 1.00. The van der Waals surface area contributed by atoms with Crippen molar-refractivity contribution in [1.29, 1.82) is 0 Å². The van der Waals surface area contributed by atoms with Gasteiger partial charge in [-0.1, -0.05) is 13.8 Å². The van der Waals surface area contributed by atoms with E-state index in [1.807, 2.05) is 0 Å². The second-order valence-corrected chi connectivity index (χ2v) is 6.27. The Labute approximate surface area is 80.9 Å². The lowest BCUT2D eigenvalue weighted by Gasteiger charge is -2.41. The summed E-state index contributed by atoms with van der Waals surface area (Å²) in [6.07, 6.45) is 1.23. The van der Waals surface area contributed by atoms with Crippen LogP contribution in [0, 0.1) is 10.8 Å². The average Bonchev–Trinajstić information content (AvgIpc) is 2.53. The highest BCUT2D eigenvalue weighted by Crippen LogP contribution is 2.80. The topological polar surface area (TPSA) is 23.5 Å². The van der Waals surface area contributed by atoms with Crippen LogP contribution in [-0.4, -0.2) is 21.3 Å². The maximum Gasteiger partial charge on any atom is 0.0470 e. The number of piperidine rings is 1. The zero-order chi connectivity index (χ0) is 10.3. The van der Waals surface area contributed by atoms with E-state index in [0.717, 1.165) is 0 Å². The first-order chi connectivity index (χ1) is 5.61. The van der Waals surface area contributed by atoms with Gasteiger partial charge in [-0.25, -0.2) is 0 Å². The lowest BCUT2D eigenvalue weighted by molar-refractivity contribution is -0.217. The van der Waals surface area contributed by atoms with Crippen LogP contribution < -0.4 is 0 Å². The van der Waals surface area contributed by atoms with E-state index < -0.39 is 0 Å². The van der Waals surface area contributed by atoms with Crippen molar-refractivity contribution in [2.75, 3.05) is 0 Å². The second kappa shape index (κ2) is 1.82. The van der Waals surface area contributed by atoms with Crippen LogP contribution >= 0.6 is 0 Å². The predicted molar refractivity (Wildman–Crippen MR) is 52.6 cm³/mol. The highest BCUT2D eigenvalue weighted by molar-refractivity contribution is 5.31. The lowest BCUT2D eigenvalue weighted by Crippen LogP contribution is -2.52. The molecule has 2 rings (SSSR count). The third-order valence-corrected chi connectivity index (χ3v) is 5.56. The Bertz CT molecular complexity index is 229. The first-order valence-electron chi connectivity index (χ1n) is 5.10. The highest BCUT2D eigenvalue weighted by atomic mass is 16.5. The van der Waals surface area contributed by atoms with Gasteiger partial charge in [0.1, 0.15) is 0 Å². The molecule has 1 aliphatic carbocycles. The lowest BCUT2D eigenvalue weighted by atomic mass is 9.80. The van der Waals surface area contributed by atoms with Gasteiger partial charge in [0.05, 0.1) is 0 Å². The third-order valence-electron chi connectivity index (χ3n) is 5.56. The van der Waals surface area contributed by atoms with Gasteiger partial charge in [-0.3, -0.25) is 0 Å². The molecule has 1 saturated carbocycles. The summed E-state index contributed by atoms with van der Waals surface area (Å²) >= 11 is 0. The summed E-state index contributed by atoms with van der Waals surface area (Å²) in [5.74, 6) is 0. The number of hydrogen-bond acceptors (Lipinski definition) is 2. The van der Waals surface area contributed by atoms with Gasteiger partial charge in [0.15, 0.2) is 0 Å². The van der Waals surface area contributed by atoms with E-state index in [4.69, 9.17) is 0 Å². The van der Waals surface area contributed by atoms with Gasteiger partial charge in [0.25, 0.3) is 0 Å². The van der Waals surface area contributed by atoms with Gasteiger partial charge in [0, 0.05) is 11.1 Å². The molecule has 0 aromatic carbocycles. The zero-order valence-corrected chi connectivity index (χ0v) is 9.60. The van der Waals surface area contributed by atoms with Crippen LogP contribution in [0.15, 0.2) is 0 Å². The SMILES string of the molecule is CC1(C)N(O)C(C)(C)C2(C)CC12C. The molecule has 1 saturated heterocycles. The minimum atomic E-state index is -0.0920. The highest BCUT2D eigenvalue weighted by Gasteiger charge is 2.82. The van der Waals surface area contributed by atoms with E-state index in [1.165, 1.54) is 6.42 Å². The molecule has 2 atom stereocenters. The first-order valence-corrected chi connectivity index (χ1v) is 5.10. The summed E-state index contributed by atoms with van der Waals surface area (Å²) in [6.45, 7) is 13.2. The molecule has 76 valence electrons. The maximum atomic E-state index is 10.1. The summed E-state index contributed by atoms with van der Waals surface area (Å²) in [7, 11) is 0. The smallest absolute Gasteiger partial charge is 0.0470 e. The summed E-state index contributed by atoms with van der Waals surface area (Å²) in [5, 5.41) is 11.7. The largest absolute Gasteiger partial charge is 0.313 e. The Hall–Kier alpha value is -0.0800.